The van der Waals surface area contributed by atoms with Crippen molar-refractivity contribution in [3.8, 4) is 0 Å². The van der Waals surface area contributed by atoms with E-state index in [1.807, 2.05) is 0 Å². The molecule has 0 spiro atoms. The van der Waals surface area contributed by atoms with Gasteiger partial charge in [0.15, 0.2) is 0 Å². The molecule has 0 amide bonds. The van der Waals surface area contributed by atoms with Crippen molar-refractivity contribution < 1.29 is 0 Å². The van der Waals surface area contributed by atoms with Crippen molar-refractivity contribution in [3.05, 3.63) is 0 Å². The topological polar surface area (TPSA) is 25.9 Å². The second-order valence-corrected chi connectivity index (χ2v) is 37.6. The molecule has 8 nitrogen and oxygen atoms in total. The van der Waals surface area contributed by atoms with Crippen LogP contribution in [-0.2, 0) is 0 Å². The smallest absolute Gasteiger partial charge is 0.398 e. The van der Waals surface area contributed by atoms with Gasteiger partial charge in [-0.2, -0.15) is 0 Å². The Morgan fingerprint density at radius 3 is 1.11 bits per heavy atom. The fourth-order valence-electron chi connectivity index (χ4n) is 6.41. The van der Waals surface area contributed by atoms with E-state index in [4.69, 9.17) is 0 Å². The molecule has 0 saturated carbocycles. The van der Waals surface area contributed by atoms with E-state index in [1.54, 1.807) is 0 Å². The van der Waals surface area contributed by atoms with Gasteiger partial charge in [0.25, 0.3) is 0 Å². The molecule has 14 heteroatoms. The van der Waals surface area contributed by atoms with Gasteiger partial charge in [-0.3, -0.25) is 0 Å². The Morgan fingerprint density at radius 2 is 0.804 bits per heavy atom. The number of hydrogen-bond donors (Lipinski definition) is 0. The highest BCUT2D eigenvalue weighted by atomic mass is 28.3. The SMILES string of the molecule is CC(C)(C)[N]1CCC[N](C(C)(C)C)[AlH]1.CC[N]1CCC[N](CC)[AlH]1.C[N]1CCC[N](C)[AlH]1.C[Si](C)(C)[N]1CCC[N]([Si](C)(C)C)[AlH]1. The van der Waals surface area contributed by atoms with E-state index in [0.29, 0.717) is 11.1 Å². The summed E-state index contributed by atoms with van der Waals surface area (Å²) >= 11 is -0.260. The zero-order valence-electron chi connectivity index (χ0n) is 34.3. The van der Waals surface area contributed by atoms with Crippen LogP contribution in [0.5, 0.6) is 0 Å². The molecule has 268 valence electrons. The molecule has 4 aliphatic rings. The summed E-state index contributed by atoms with van der Waals surface area (Å²) in [7, 11) is 2.45. The normalized spacial score (nSPS) is 22.8. The third kappa shape index (κ3) is 19.2. The van der Waals surface area contributed by atoms with Crippen molar-refractivity contribution in [1.29, 1.82) is 0 Å². The van der Waals surface area contributed by atoms with Crippen LogP contribution in [0.1, 0.15) is 81.1 Å². The van der Waals surface area contributed by atoms with Gasteiger partial charge in [0.2, 0.25) is 0 Å². The van der Waals surface area contributed by atoms with E-state index in [1.165, 1.54) is 91.1 Å². The lowest BCUT2D eigenvalue weighted by Gasteiger charge is -2.47. The fourth-order valence-corrected chi connectivity index (χ4v) is 19.3. The van der Waals surface area contributed by atoms with E-state index < -0.39 is 16.5 Å². The molecule has 0 aliphatic carbocycles. The quantitative estimate of drug-likeness (QED) is 0.404. The molecular weight excluding hydrogens is 661 g/mol. The monoisotopic (exact) mass is 741 g/mol. The molecule has 0 aromatic rings. The van der Waals surface area contributed by atoms with Gasteiger partial charge in [-0.05, 0) is 158 Å². The lowest BCUT2D eigenvalue weighted by Crippen LogP contribution is -2.63. The first-order chi connectivity index (χ1) is 21.1. The van der Waals surface area contributed by atoms with Gasteiger partial charge in [-0.1, -0.05) is 53.1 Å². The van der Waals surface area contributed by atoms with Gasteiger partial charge in [0, 0.05) is 0 Å². The Balaban J connectivity index is 0.000000314. The average Bonchev–Trinajstić information content (AvgIpc) is 2.96. The minimum Gasteiger partial charge on any atom is -0.398 e. The van der Waals surface area contributed by atoms with Gasteiger partial charge in [-0.25, -0.2) is 0 Å². The molecule has 0 N–H and O–H groups in total. The largest absolute Gasteiger partial charge is 0.463 e. The summed E-state index contributed by atoms with van der Waals surface area (Å²) in [5, 5.41) is 0. The number of hydrogen-bond acceptors (Lipinski definition) is 8. The predicted octanol–water partition coefficient (Wildman–Crippen LogP) is 3.61. The van der Waals surface area contributed by atoms with Crippen LogP contribution in [0.25, 0.3) is 0 Å². The molecule has 4 aliphatic heterocycles. The van der Waals surface area contributed by atoms with Gasteiger partial charge in [0.1, 0.15) is 0 Å². The molecule has 46 heavy (non-hydrogen) atoms. The lowest BCUT2D eigenvalue weighted by atomic mass is 10.1. The molecule has 4 heterocycles. The van der Waals surface area contributed by atoms with Crippen LogP contribution in [0.2, 0.25) is 39.3 Å². The minimum absolute atomic E-state index is 0.00309. The maximum Gasteiger partial charge on any atom is 0.463 e. The van der Waals surface area contributed by atoms with Gasteiger partial charge < -0.3 is 30.4 Å². The highest BCUT2D eigenvalue weighted by Gasteiger charge is 2.35. The van der Waals surface area contributed by atoms with E-state index in [0.717, 1.165) is 0 Å². The molecule has 0 bridgehead atoms. The zero-order valence-corrected chi connectivity index (χ0v) is 42.0. The first-order valence-electron chi connectivity index (χ1n) is 18.9. The molecule has 0 aromatic carbocycles. The Bertz CT molecular complexity index is 718. The molecule has 4 rings (SSSR count). The number of nitrogens with zero attached hydrogens (tertiary/aromatic N) is 8. The van der Waals surface area contributed by atoms with Crippen LogP contribution in [-0.4, -0.2) is 200 Å². The minimum atomic E-state index is -1.00. The highest BCUT2D eigenvalue weighted by molar-refractivity contribution is 6.84. The molecular formula is C32H80Al4N8Si2. The van der Waals surface area contributed by atoms with Crippen LogP contribution in [0.4, 0.5) is 0 Å². The van der Waals surface area contributed by atoms with Crippen molar-refractivity contribution in [2.45, 2.75) is 131 Å². The average molecular weight is 741 g/mol. The summed E-state index contributed by atoms with van der Waals surface area (Å²) in [5.74, 6) is 0. The standard InChI is InChI=1S/C11H24N2.C9H24N2Si2.C7H16N2.C5H12N2.4Al.4H/c1-10(2,3)12-8-7-9-13-11(4,5)6;1-12(2,3)10-8-7-9-11-13(4,5)6;1-3-8-6-5-7-9-4-2;1-6-4-3-5-7-2;;;;;;;;/h2*7-9H2,1-6H3;3-7H2,1-2H3;3-5H2,1-2H3;;;;;;;;/q4*-2;4*+2;;;;. The Morgan fingerprint density at radius 1 is 0.457 bits per heavy atom. The van der Waals surface area contributed by atoms with E-state index in [-0.39, 0.29) is 62.6 Å². The Labute approximate surface area is 318 Å². The van der Waals surface area contributed by atoms with Gasteiger partial charge in [-0.15, -0.1) is 0 Å². The molecule has 0 atom stereocenters. The second kappa shape index (κ2) is 21.7. The summed E-state index contributed by atoms with van der Waals surface area (Å²) in [6.45, 7) is 46.9. The third-order valence-corrected chi connectivity index (χ3v) is 29.2. The maximum atomic E-state index is 2.88. The predicted molar refractivity (Wildman–Crippen MR) is 220 cm³/mol. The molecule has 0 unspecified atom stereocenters. The molecule has 4 fully saturated rings. The lowest BCUT2D eigenvalue weighted by molar-refractivity contribution is 0.150. The molecule has 0 radical (unpaired) electrons. The van der Waals surface area contributed by atoms with Crippen LogP contribution in [0, 0.1) is 0 Å². The van der Waals surface area contributed by atoms with Crippen molar-refractivity contribution >= 4 is 79.1 Å². The van der Waals surface area contributed by atoms with E-state index in [9.17, 15) is 0 Å². The first kappa shape index (κ1) is 46.3. The van der Waals surface area contributed by atoms with Crippen LogP contribution in [0.15, 0.2) is 0 Å². The van der Waals surface area contributed by atoms with Gasteiger partial charge >= 0.3 is 62.6 Å². The summed E-state index contributed by atoms with van der Waals surface area (Å²) in [4.78, 5) is 0. The van der Waals surface area contributed by atoms with Gasteiger partial charge in [0.05, 0.1) is 16.5 Å². The molecule has 0 aromatic heterocycles. The summed E-state index contributed by atoms with van der Waals surface area (Å²) < 4.78 is 21.4. The Kier molecular flexibility index (Phi) is 21.8. The Hall–Kier alpha value is 2.24. The third-order valence-electron chi connectivity index (χ3n) is 10.00. The van der Waals surface area contributed by atoms with Crippen molar-refractivity contribution in [1.82, 2.24) is 30.4 Å². The summed E-state index contributed by atoms with van der Waals surface area (Å²) in [5.41, 5.74) is 0.742. The van der Waals surface area contributed by atoms with Crippen molar-refractivity contribution in [2.24, 2.45) is 0 Å². The highest BCUT2D eigenvalue weighted by Crippen LogP contribution is 2.22. The second-order valence-electron chi connectivity index (χ2n) is 18.3. The van der Waals surface area contributed by atoms with Crippen molar-refractivity contribution in [2.75, 3.05) is 79.5 Å². The number of rotatable bonds is 4. The van der Waals surface area contributed by atoms with E-state index in [2.05, 4.69) is 139 Å². The fraction of sp³-hybridized carbons (Fsp3) is 1.00. The van der Waals surface area contributed by atoms with E-state index >= 15 is 0 Å². The van der Waals surface area contributed by atoms with Crippen LogP contribution < -0.4 is 0 Å². The van der Waals surface area contributed by atoms with Crippen LogP contribution in [0.3, 0.4) is 0 Å². The summed E-state index contributed by atoms with van der Waals surface area (Å²) in [6, 6.07) is 0. The maximum absolute atomic E-state index is 2.88. The first-order valence-corrected chi connectivity index (χ1v) is 30.8. The zero-order chi connectivity index (χ0) is 35.3. The van der Waals surface area contributed by atoms with Crippen molar-refractivity contribution in [3.63, 3.8) is 0 Å². The summed E-state index contributed by atoms with van der Waals surface area (Å²) in [6.07, 6.45) is 5.48. The van der Waals surface area contributed by atoms with Crippen LogP contribution >= 0.6 is 0 Å². The molecule has 4 saturated heterocycles.